The number of nitrogens with one attached hydrogen (secondary N) is 1. The molecular formula is C17H26BN3O. The fraction of sp³-hybridized carbons (Fsp3) is 0.588. The van der Waals surface area contributed by atoms with E-state index in [2.05, 4.69) is 31.1 Å². The molecule has 0 atom stereocenters. The van der Waals surface area contributed by atoms with Gasteiger partial charge in [-0.15, -0.1) is 0 Å². The SMILES string of the molecule is BN1CCc2cc3c(c(C)c2CC1)N(C(=O)NCC)CCC3. The van der Waals surface area contributed by atoms with E-state index in [1.54, 1.807) is 0 Å². The first kappa shape index (κ1) is 15.4. The van der Waals surface area contributed by atoms with E-state index >= 15 is 0 Å². The van der Waals surface area contributed by atoms with Gasteiger partial charge in [0.1, 0.15) is 0 Å². The molecule has 5 heteroatoms. The van der Waals surface area contributed by atoms with Crippen molar-refractivity contribution in [2.24, 2.45) is 0 Å². The Bertz CT molecular complexity index is 588. The van der Waals surface area contributed by atoms with E-state index in [9.17, 15) is 4.79 Å². The Morgan fingerprint density at radius 3 is 2.77 bits per heavy atom. The second-order valence-corrected chi connectivity index (χ2v) is 6.54. The Morgan fingerprint density at radius 2 is 2.00 bits per heavy atom. The summed E-state index contributed by atoms with van der Waals surface area (Å²) in [6.45, 7) is 7.93. The lowest BCUT2D eigenvalue weighted by molar-refractivity contribution is 0.246. The topological polar surface area (TPSA) is 35.6 Å². The Balaban J connectivity index is 2.04. The highest BCUT2D eigenvalue weighted by Gasteiger charge is 2.27. The number of nitrogens with zero attached hydrogens (tertiary/aromatic N) is 2. The number of anilines is 1. The van der Waals surface area contributed by atoms with Gasteiger partial charge in [0.05, 0.1) is 5.69 Å². The smallest absolute Gasteiger partial charge is 0.321 e. The summed E-state index contributed by atoms with van der Waals surface area (Å²) in [7, 11) is 2.20. The summed E-state index contributed by atoms with van der Waals surface area (Å²) in [6, 6.07) is 2.43. The lowest BCUT2D eigenvalue weighted by Crippen LogP contribution is -2.43. The van der Waals surface area contributed by atoms with Crippen molar-refractivity contribution >= 4 is 19.7 Å². The number of urea groups is 1. The fourth-order valence-corrected chi connectivity index (χ4v) is 3.84. The highest BCUT2D eigenvalue weighted by molar-refractivity contribution is 6.04. The van der Waals surface area contributed by atoms with E-state index < -0.39 is 0 Å². The van der Waals surface area contributed by atoms with Gasteiger partial charge in [-0.2, -0.15) is 0 Å². The van der Waals surface area contributed by atoms with E-state index in [1.165, 1.54) is 27.9 Å². The van der Waals surface area contributed by atoms with Gasteiger partial charge in [0.2, 0.25) is 0 Å². The van der Waals surface area contributed by atoms with Gasteiger partial charge in [-0.3, -0.25) is 4.90 Å². The third-order valence-corrected chi connectivity index (χ3v) is 5.03. The summed E-state index contributed by atoms with van der Waals surface area (Å²) in [5, 5.41) is 2.96. The first-order valence-electron chi connectivity index (χ1n) is 8.50. The summed E-state index contributed by atoms with van der Waals surface area (Å²) >= 11 is 0. The van der Waals surface area contributed by atoms with Crippen LogP contribution in [0.1, 0.15) is 35.6 Å². The largest absolute Gasteiger partial charge is 0.348 e. The number of fused-ring (bicyclic) bond motifs is 2. The molecular weight excluding hydrogens is 273 g/mol. The quantitative estimate of drug-likeness (QED) is 0.796. The molecule has 0 spiro atoms. The molecule has 0 aromatic heterocycles. The molecule has 1 N–H and O–H groups in total. The Kier molecular flexibility index (Phi) is 4.43. The number of aryl methyl sites for hydroxylation is 1. The summed E-state index contributed by atoms with van der Waals surface area (Å²) in [5.74, 6) is 0. The summed E-state index contributed by atoms with van der Waals surface area (Å²) in [4.78, 5) is 16.8. The summed E-state index contributed by atoms with van der Waals surface area (Å²) in [5.41, 5.74) is 6.84. The van der Waals surface area contributed by atoms with Crippen molar-refractivity contribution in [2.75, 3.05) is 31.1 Å². The fourth-order valence-electron chi connectivity index (χ4n) is 3.84. The van der Waals surface area contributed by atoms with E-state index in [-0.39, 0.29) is 6.03 Å². The zero-order valence-corrected chi connectivity index (χ0v) is 14.0. The highest BCUT2D eigenvalue weighted by Crippen LogP contribution is 2.36. The van der Waals surface area contributed by atoms with Gasteiger partial charge in [-0.25, -0.2) is 4.79 Å². The van der Waals surface area contributed by atoms with E-state index in [0.717, 1.165) is 45.3 Å². The molecule has 0 radical (unpaired) electrons. The molecule has 2 aliphatic rings. The minimum atomic E-state index is 0.0530. The molecule has 0 unspecified atom stereocenters. The molecule has 2 aliphatic heterocycles. The van der Waals surface area contributed by atoms with Crippen molar-refractivity contribution < 1.29 is 4.79 Å². The molecule has 0 saturated carbocycles. The van der Waals surface area contributed by atoms with Crippen LogP contribution in [0.3, 0.4) is 0 Å². The molecule has 22 heavy (non-hydrogen) atoms. The van der Waals surface area contributed by atoms with Crippen molar-refractivity contribution in [3.8, 4) is 0 Å². The van der Waals surface area contributed by atoms with Gasteiger partial charge in [0.15, 0.2) is 7.98 Å². The van der Waals surface area contributed by atoms with Crippen LogP contribution >= 0.6 is 0 Å². The van der Waals surface area contributed by atoms with Gasteiger partial charge >= 0.3 is 6.03 Å². The molecule has 0 bridgehead atoms. The standard InChI is InChI=1S/C17H26BN3O/c1-3-19-17(22)21-8-4-5-14-11-13-6-9-20(18)10-7-15(13)12(2)16(14)21/h11H,3-10,18H2,1-2H3,(H,19,22). The summed E-state index contributed by atoms with van der Waals surface area (Å²) in [6.07, 6.45) is 4.37. The number of rotatable bonds is 1. The molecule has 0 saturated heterocycles. The maximum atomic E-state index is 12.4. The normalized spacial score (nSPS) is 18.4. The first-order valence-corrected chi connectivity index (χ1v) is 8.50. The van der Waals surface area contributed by atoms with Crippen LogP contribution in [0, 0.1) is 6.92 Å². The Labute approximate surface area is 134 Å². The predicted molar refractivity (Wildman–Crippen MR) is 93.4 cm³/mol. The summed E-state index contributed by atoms with van der Waals surface area (Å²) < 4.78 is 0. The zero-order chi connectivity index (χ0) is 15.7. The first-order chi connectivity index (χ1) is 10.6. The van der Waals surface area contributed by atoms with Crippen LogP contribution in [0.5, 0.6) is 0 Å². The van der Waals surface area contributed by atoms with Gasteiger partial charge in [0.25, 0.3) is 0 Å². The number of hydrogen-bond acceptors (Lipinski definition) is 2. The van der Waals surface area contributed by atoms with E-state index in [0.29, 0.717) is 6.54 Å². The zero-order valence-electron chi connectivity index (χ0n) is 14.0. The number of hydrogen-bond donors (Lipinski definition) is 1. The predicted octanol–water partition coefficient (Wildman–Crippen LogP) is 1.43. The van der Waals surface area contributed by atoms with Crippen LogP contribution in [0.25, 0.3) is 0 Å². The van der Waals surface area contributed by atoms with Gasteiger partial charge < -0.3 is 10.1 Å². The maximum absolute atomic E-state index is 12.4. The van der Waals surface area contributed by atoms with Crippen LogP contribution in [-0.2, 0) is 19.3 Å². The average molecular weight is 299 g/mol. The monoisotopic (exact) mass is 299 g/mol. The van der Waals surface area contributed by atoms with Crippen LogP contribution in [-0.4, -0.2) is 45.0 Å². The second-order valence-electron chi connectivity index (χ2n) is 6.54. The van der Waals surface area contributed by atoms with Crippen LogP contribution in [0.2, 0.25) is 0 Å². The molecule has 0 fully saturated rings. The third kappa shape index (κ3) is 2.74. The van der Waals surface area contributed by atoms with Crippen molar-refractivity contribution in [1.82, 2.24) is 10.1 Å². The minimum absolute atomic E-state index is 0.0530. The molecule has 4 nitrogen and oxygen atoms in total. The molecule has 118 valence electrons. The van der Waals surface area contributed by atoms with E-state index in [4.69, 9.17) is 0 Å². The molecule has 2 amide bonds. The van der Waals surface area contributed by atoms with Crippen LogP contribution < -0.4 is 10.2 Å². The van der Waals surface area contributed by atoms with Crippen molar-refractivity contribution in [3.05, 3.63) is 28.3 Å². The number of benzene rings is 1. The van der Waals surface area contributed by atoms with E-state index in [1.807, 2.05) is 11.8 Å². The Hall–Kier alpha value is -1.49. The number of carbonyl (C=O) groups is 1. The van der Waals surface area contributed by atoms with Crippen molar-refractivity contribution in [1.29, 1.82) is 0 Å². The number of carbonyl (C=O) groups excluding carboxylic acids is 1. The average Bonchev–Trinajstić information content (AvgIpc) is 2.69. The molecule has 0 aliphatic carbocycles. The van der Waals surface area contributed by atoms with Gasteiger partial charge in [0, 0.05) is 13.1 Å². The lowest BCUT2D eigenvalue weighted by Gasteiger charge is -2.33. The molecule has 3 rings (SSSR count). The molecule has 2 heterocycles. The van der Waals surface area contributed by atoms with Crippen LogP contribution in [0.15, 0.2) is 6.07 Å². The maximum Gasteiger partial charge on any atom is 0.321 e. The Morgan fingerprint density at radius 1 is 1.23 bits per heavy atom. The van der Waals surface area contributed by atoms with Gasteiger partial charge in [-0.05, 0) is 74.9 Å². The third-order valence-electron chi connectivity index (χ3n) is 5.03. The minimum Gasteiger partial charge on any atom is -0.348 e. The van der Waals surface area contributed by atoms with Gasteiger partial charge in [-0.1, -0.05) is 6.07 Å². The van der Waals surface area contributed by atoms with Crippen LogP contribution in [0.4, 0.5) is 10.5 Å². The highest BCUT2D eigenvalue weighted by atomic mass is 16.2. The lowest BCUT2D eigenvalue weighted by atomic mass is 9.89. The second kappa shape index (κ2) is 6.33. The van der Waals surface area contributed by atoms with Crippen molar-refractivity contribution in [2.45, 2.75) is 39.5 Å². The van der Waals surface area contributed by atoms with Crippen molar-refractivity contribution in [3.63, 3.8) is 0 Å². The molecule has 1 aromatic rings. The molecule has 1 aromatic carbocycles. The number of amides is 2.